The van der Waals surface area contributed by atoms with Crippen molar-refractivity contribution in [3.8, 4) is 22.4 Å². The zero-order chi connectivity index (χ0) is 25.8. The van der Waals surface area contributed by atoms with Gasteiger partial charge >= 0.3 is 6.03 Å². The van der Waals surface area contributed by atoms with Crippen LogP contribution in [0.1, 0.15) is 54.6 Å². The lowest BCUT2D eigenvalue weighted by Crippen LogP contribution is -2.48. The van der Waals surface area contributed by atoms with Gasteiger partial charge in [-0.15, -0.1) is 0 Å². The summed E-state index contributed by atoms with van der Waals surface area (Å²) in [5.41, 5.74) is 16.7. The van der Waals surface area contributed by atoms with Crippen LogP contribution >= 0.6 is 0 Å². The molecule has 3 aromatic heterocycles. The molecule has 4 N–H and O–H groups in total. The number of Topliss-reactive ketones (excluding diaryl/α,β-unsaturated/α-hetero) is 1. The summed E-state index contributed by atoms with van der Waals surface area (Å²) < 4.78 is 14.8. The Hall–Kier alpha value is -4.34. The number of anilines is 1. The number of halogens is 1. The molecule has 37 heavy (non-hydrogen) atoms. The molecule has 2 aliphatic heterocycles. The number of nitrogen functional groups attached to an aromatic ring is 1. The quantitative estimate of drug-likeness (QED) is 0.405. The predicted molar refractivity (Wildman–Crippen MR) is 136 cm³/mol. The summed E-state index contributed by atoms with van der Waals surface area (Å²) in [7, 11) is 0. The molecule has 1 aromatic carbocycles. The number of primary amides is 1. The summed E-state index contributed by atoms with van der Waals surface area (Å²) in [6, 6.07) is 9.61. The van der Waals surface area contributed by atoms with Gasteiger partial charge in [-0.05, 0) is 62.9 Å². The van der Waals surface area contributed by atoms with Crippen molar-refractivity contribution in [2.45, 2.75) is 50.6 Å². The number of nitrogens with zero attached hydrogens (tertiary/aromatic N) is 5. The van der Waals surface area contributed by atoms with Gasteiger partial charge in [-0.25, -0.2) is 14.2 Å². The number of nitrogens with two attached hydrogens (primary N) is 2. The Morgan fingerprint density at radius 2 is 1.68 bits per heavy atom. The van der Waals surface area contributed by atoms with E-state index in [2.05, 4.69) is 10.1 Å². The summed E-state index contributed by atoms with van der Waals surface area (Å²) in [6.45, 7) is 1.48. The van der Waals surface area contributed by atoms with E-state index in [1.54, 1.807) is 29.4 Å². The summed E-state index contributed by atoms with van der Waals surface area (Å²) in [5.74, 6) is -0.251. The molecule has 188 valence electrons. The van der Waals surface area contributed by atoms with E-state index < -0.39 is 6.03 Å². The summed E-state index contributed by atoms with van der Waals surface area (Å²) in [4.78, 5) is 36.0. The number of pyridine rings is 1. The van der Waals surface area contributed by atoms with Crippen LogP contribution in [0, 0.1) is 5.82 Å². The van der Waals surface area contributed by atoms with E-state index in [9.17, 15) is 14.0 Å². The second kappa shape index (κ2) is 8.65. The minimum absolute atomic E-state index is 0.0268. The van der Waals surface area contributed by atoms with Crippen molar-refractivity contribution in [3.05, 3.63) is 65.9 Å². The first-order chi connectivity index (χ1) is 17.8. The summed E-state index contributed by atoms with van der Waals surface area (Å²) in [6.07, 6.45) is 6.53. The second-order valence-electron chi connectivity index (χ2n) is 9.84. The Balaban J connectivity index is 1.41. The Kier molecular flexibility index (Phi) is 5.40. The Labute approximate surface area is 212 Å². The first-order valence-corrected chi connectivity index (χ1v) is 12.3. The monoisotopic (exact) mass is 499 g/mol. The number of benzene rings is 1. The zero-order valence-electron chi connectivity index (χ0n) is 20.3. The van der Waals surface area contributed by atoms with Crippen molar-refractivity contribution < 1.29 is 14.0 Å². The molecule has 3 atom stereocenters. The van der Waals surface area contributed by atoms with Gasteiger partial charge < -0.3 is 16.4 Å². The third kappa shape index (κ3) is 3.80. The number of piperidine rings is 1. The molecular formula is C27H26FN7O2. The molecule has 2 aliphatic rings. The maximum Gasteiger partial charge on any atom is 0.315 e. The molecule has 0 saturated carbocycles. The van der Waals surface area contributed by atoms with Crippen LogP contribution in [0.4, 0.5) is 15.0 Å². The fourth-order valence-electron chi connectivity index (χ4n) is 6.00. The molecule has 5 heterocycles. The highest BCUT2D eigenvalue weighted by atomic mass is 19.1. The van der Waals surface area contributed by atoms with E-state index >= 15 is 0 Å². The van der Waals surface area contributed by atoms with Crippen LogP contribution in [0.25, 0.3) is 28.0 Å². The molecule has 2 saturated heterocycles. The molecule has 4 aromatic rings. The molecule has 2 bridgehead atoms. The van der Waals surface area contributed by atoms with Crippen LogP contribution in [-0.2, 0) is 0 Å². The number of carbonyl (C=O) groups excluding carboxylic acids is 2. The summed E-state index contributed by atoms with van der Waals surface area (Å²) in [5, 5.41) is 4.43. The van der Waals surface area contributed by atoms with Crippen molar-refractivity contribution >= 4 is 23.3 Å². The highest BCUT2D eigenvalue weighted by molar-refractivity contribution is 6.00. The molecule has 2 amide bonds. The van der Waals surface area contributed by atoms with Gasteiger partial charge in [0.1, 0.15) is 11.6 Å². The molecule has 10 heteroatoms. The zero-order valence-corrected chi connectivity index (χ0v) is 20.3. The average molecular weight is 500 g/mol. The molecule has 6 rings (SSSR count). The highest BCUT2D eigenvalue weighted by Crippen LogP contribution is 2.44. The number of aromatic nitrogens is 4. The third-order valence-corrected chi connectivity index (χ3v) is 7.65. The fraction of sp³-hybridized carbons (Fsp3) is 0.296. The highest BCUT2D eigenvalue weighted by Gasteiger charge is 2.44. The predicted octanol–water partition coefficient (Wildman–Crippen LogP) is 4.17. The minimum atomic E-state index is -0.393. The normalized spacial score (nSPS) is 20.9. The van der Waals surface area contributed by atoms with Crippen molar-refractivity contribution in [2.75, 3.05) is 5.73 Å². The first kappa shape index (κ1) is 23.1. The molecule has 0 spiro atoms. The van der Waals surface area contributed by atoms with E-state index in [-0.39, 0.29) is 35.4 Å². The Morgan fingerprint density at radius 1 is 1.00 bits per heavy atom. The lowest BCUT2D eigenvalue weighted by atomic mass is 9.85. The molecule has 0 unspecified atom stereocenters. The Bertz CT molecular complexity index is 1520. The van der Waals surface area contributed by atoms with Crippen LogP contribution in [0.5, 0.6) is 0 Å². The maximum atomic E-state index is 13.3. The van der Waals surface area contributed by atoms with Gasteiger partial charge in [0.05, 0.1) is 23.1 Å². The van der Waals surface area contributed by atoms with Gasteiger partial charge in [0, 0.05) is 40.9 Å². The topological polar surface area (TPSA) is 132 Å². The number of urea groups is 1. The van der Waals surface area contributed by atoms with Gasteiger partial charge in [0.25, 0.3) is 0 Å². The van der Waals surface area contributed by atoms with E-state index in [1.165, 1.54) is 23.6 Å². The lowest BCUT2D eigenvalue weighted by Gasteiger charge is -2.38. The van der Waals surface area contributed by atoms with Gasteiger partial charge in [-0.1, -0.05) is 6.07 Å². The van der Waals surface area contributed by atoms with Crippen LogP contribution in [-0.4, -0.2) is 48.4 Å². The fourth-order valence-corrected chi connectivity index (χ4v) is 6.00. The number of carbonyl (C=O) groups is 2. The molecule has 2 fully saturated rings. The maximum absolute atomic E-state index is 13.3. The number of hydrogen-bond donors (Lipinski definition) is 2. The molecular weight excluding hydrogens is 473 g/mol. The number of ketones is 1. The third-order valence-electron chi connectivity index (χ3n) is 7.65. The van der Waals surface area contributed by atoms with Crippen molar-refractivity contribution in [1.29, 1.82) is 0 Å². The van der Waals surface area contributed by atoms with E-state index in [4.69, 9.17) is 16.5 Å². The van der Waals surface area contributed by atoms with Gasteiger partial charge in [-0.3, -0.25) is 9.78 Å². The number of hydrogen-bond acceptors (Lipinski definition) is 6. The molecule has 0 aliphatic carbocycles. The van der Waals surface area contributed by atoms with E-state index in [0.717, 1.165) is 29.5 Å². The second-order valence-corrected chi connectivity index (χ2v) is 9.84. The van der Waals surface area contributed by atoms with Gasteiger partial charge in [0.2, 0.25) is 0 Å². The van der Waals surface area contributed by atoms with Crippen LogP contribution in [0.3, 0.4) is 0 Å². The molecule has 9 nitrogen and oxygen atoms in total. The van der Waals surface area contributed by atoms with Gasteiger partial charge in [0.15, 0.2) is 11.4 Å². The number of rotatable bonds is 4. The first-order valence-electron chi connectivity index (χ1n) is 12.3. The average Bonchev–Trinajstić information content (AvgIpc) is 3.43. The van der Waals surface area contributed by atoms with Crippen molar-refractivity contribution in [1.82, 2.24) is 24.5 Å². The van der Waals surface area contributed by atoms with Crippen molar-refractivity contribution in [3.63, 3.8) is 0 Å². The van der Waals surface area contributed by atoms with E-state index in [0.29, 0.717) is 35.4 Å². The van der Waals surface area contributed by atoms with E-state index in [1.807, 2.05) is 12.1 Å². The van der Waals surface area contributed by atoms with Crippen LogP contribution in [0.15, 0.2) is 48.8 Å². The number of amides is 2. The number of fused-ring (bicyclic) bond motifs is 3. The van der Waals surface area contributed by atoms with Crippen LogP contribution in [0.2, 0.25) is 0 Å². The smallest absolute Gasteiger partial charge is 0.315 e. The lowest BCUT2D eigenvalue weighted by molar-refractivity contribution is 0.101. The minimum Gasteiger partial charge on any atom is -0.383 e. The van der Waals surface area contributed by atoms with Crippen molar-refractivity contribution in [2.24, 2.45) is 5.73 Å². The Morgan fingerprint density at radius 3 is 2.27 bits per heavy atom. The SMILES string of the molecule is CC(=O)c1c([C@@H]2C[C@H]3CC[C@@H](C2)N3C(N)=O)nc2c(-c3ccc(-c4ccc(F)cc4)nc3)cnn2c1N. The van der Waals surface area contributed by atoms with Gasteiger partial charge in [-0.2, -0.15) is 9.61 Å². The standard InChI is InChI=1S/C27H26FN7O2/c1-14(36)23-24(17-10-19-7-8-20(11-17)34(19)27(30)37)33-26-21(13-32-35(26)25(23)29)16-4-9-22(31-12-16)15-2-5-18(28)6-3-15/h2-6,9,12-13,17,19-20H,7-8,10-11,29H2,1H3,(H2,30,37)/t17-,19-,20+. The molecule has 0 radical (unpaired) electrons. The van der Waals surface area contributed by atoms with Crippen LogP contribution < -0.4 is 11.5 Å². The summed E-state index contributed by atoms with van der Waals surface area (Å²) >= 11 is 0. The largest absolute Gasteiger partial charge is 0.383 e.